The van der Waals surface area contributed by atoms with Crippen LogP contribution in [0.1, 0.15) is 24.6 Å². The quantitative estimate of drug-likeness (QED) is 0.631. The number of hydrogen-bond donors (Lipinski definition) is 0. The molecular formula is C16H17ClN6OS. The molecule has 0 N–H and O–H groups in total. The summed E-state index contributed by atoms with van der Waals surface area (Å²) in [6, 6.07) is 7.72. The molecular weight excluding hydrogens is 360 g/mol. The highest BCUT2D eigenvalue weighted by atomic mass is 35.5. The third-order valence-corrected chi connectivity index (χ3v) is 5.11. The average molecular weight is 377 g/mol. The summed E-state index contributed by atoms with van der Waals surface area (Å²) in [5, 5.41) is 14.1. The van der Waals surface area contributed by atoms with E-state index in [1.165, 1.54) is 24.6 Å². The summed E-state index contributed by atoms with van der Waals surface area (Å²) in [6.07, 6.45) is 2.35. The van der Waals surface area contributed by atoms with Gasteiger partial charge in [-0.3, -0.25) is 4.57 Å². The van der Waals surface area contributed by atoms with Crippen LogP contribution in [0, 0.1) is 6.92 Å². The van der Waals surface area contributed by atoms with Gasteiger partial charge in [0.25, 0.3) is 0 Å². The van der Waals surface area contributed by atoms with Gasteiger partial charge >= 0.3 is 0 Å². The second-order valence-corrected chi connectivity index (χ2v) is 7.19. The molecule has 0 atom stereocenters. The SMILES string of the molecule is Cc1noc(CSc2nnc(N3CCCC3)n2-c2cccc(Cl)c2)n1. The molecule has 4 rings (SSSR count). The molecule has 0 unspecified atom stereocenters. The maximum atomic E-state index is 6.19. The van der Waals surface area contributed by atoms with Crippen LogP contribution in [-0.2, 0) is 5.75 Å². The molecule has 0 saturated carbocycles. The van der Waals surface area contributed by atoms with E-state index < -0.39 is 0 Å². The Labute approximate surface area is 154 Å². The molecule has 0 radical (unpaired) electrons. The highest BCUT2D eigenvalue weighted by Crippen LogP contribution is 2.30. The molecule has 2 aromatic heterocycles. The summed E-state index contributed by atoms with van der Waals surface area (Å²) < 4.78 is 7.23. The van der Waals surface area contributed by atoms with Gasteiger partial charge in [-0.25, -0.2) is 0 Å². The monoisotopic (exact) mass is 376 g/mol. The van der Waals surface area contributed by atoms with Gasteiger partial charge in [-0.15, -0.1) is 10.2 Å². The van der Waals surface area contributed by atoms with Gasteiger partial charge in [0.15, 0.2) is 11.0 Å². The summed E-state index contributed by atoms with van der Waals surface area (Å²) in [6.45, 7) is 3.79. The number of thioether (sulfide) groups is 1. The molecule has 1 aromatic carbocycles. The van der Waals surface area contributed by atoms with Gasteiger partial charge < -0.3 is 9.42 Å². The van der Waals surface area contributed by atoms with Crippen LogP contribution in [-0.4, -0.2) is 38.0 Å². The molecule has 25 heavy (non-hydrogen) atoms. The Kier molecular flexibility index (Phi) is 4.63. The molecule has 1 saturated heterocycles. The Hall–Kier alpha value is -2.06. The minimum absolute atomic E-state index is 0.541. The van der Waals surface area contributed by atoms with E-state index in [-0.39, 0.29) is 0 Å². The lowest BCUT2D eigenvalue weighted by atomic mass is 10.3. The Bertz CT molecular complexity index is 873. The molecule has 3 heterocycles. The van der Waals surface area contributed by atoms with Crippen LogP contribution in [0.3, 0.4) is 0 Å². The average Bonchev–Trinajstić information content (AvgIpc) is 3.33. The minimum Gasteiger partial charge on any atom is -0.341 e. The first-order chi connectivity index (χ1) is 12.2. The normalized spacial score (nSPS) is 14.4. The summed E-state index contributed by atoms with van der Waals surface area (Å²) in [5.41, 5.74) is 0.948. The molecule has 1 aliphatic rings. The maximum Gasteiger partial charge on any atom is 0.237 e. The van der Waals surface area contributed by atoms with Gasteiger partial charge in [0.05, 0.1) is 11.4 Å². The topological polar surface area (TPSA) is 72.9 Å². The molecule has 1 aliphatic heterocycles. The zero-order valence-corrected chi connectivity index (χ0v) is 15.3. The predicted octanol–water partition coefficient (Wildman–Crippen LogP) is 3.50. The van der Waals surface area contributed by atoms with Gasteiger partial charge in [-0.1, -0.05) is 34.6 Å². The molecule has 7 nitrogen and oxygen atoms in total. The Balaban J connectivity index is 1.68. The maximum absolute atomic E-state index is 6.19. The van der Waals surface area contributed by atoms with Crippen LogP contribution in [0.4, 0.5) is 5.95 Å². The van der Waals surface area contributed by atoms with Gasteiger partial charge in [-0.2, -0.15) is 4.98 Å². The fourth-order valence-electron chi connectivity index (χ4n) is 2.84. The van der Waals surface area contributed by atoms with Crippen molar-refractivity contribution in [2.75, 3.05) is 18.0 Å². The lowest BCUT2D eigenvalue weighted by molar-refractivity contribution is 0.387. The van der Waals surface area contributed by atoms with Crippen molar-refractivity contribution in [2.24, 2.45) is 0 Å². The lowest BCUT2D eigenvalue weighted by Crippen LogP contribution is -2.22. The molecule has 0 bridgehead atoms. The number of hydrogen-bond acceptors (Lipinski definition) is 7. The van der Waals surface area contributed by atoms with Crippen LogP contribution in [0.2, 0.25) is 5.02 Å². The third-order valence-electron chi connectivity index (χ3n) is 3.97. The van der Waals surface area contributed by atoms with Crippen molar-refractivity contribution in [1.29, 1.82) is 0 Å². The highest BCUT2D eigenvalue weighted by molar-refractivity contribution is 7.98. The standard InChI is InChI=1S/C16H17ClN6OS/c1-11-18-14(24-21-11)10-25-16-20-19-15(22-7-2-3-8-22)23(16)13-6-4-5-12(17)9-13/h4-6,9H,2-3,7-8,10H2,1H3. The van der Waals surface area contributed by atoms with Crippen LogP contribution in [0.15, 0.2) is 33.9 Å². The van der Waals surface area contributed by atoms with Gasteiger partial charge in [-0.05, 0) is 38.0 Å². The van der Waals surface area contributed by atoms with E-state index in [2.05, 4.69) is 25.2 Å². The van der Waals surface area contributed by atoms with Crippen molar-refractivity contribution in [2.45, 2.75) is 30.7 Å². The fraction of sp³-hybridized carbons (Fsp3) is 0.375. The Morgan fingerprint density at radius 3 is 2.80 bits per heavy atom. The number of halogens is 1. The third kappa shape index (κ3) is 3.50. The van der Waals surface area contributed by atoms with E-state index in [1.54, 1.807) is 6.92 Å². The van der Waals surface area contributed by atoms with E-state index in [0.717, 1.165) is 29.9 Å². The van der Waals surface area contributed by atoms with E-state index in [0.29, 0.717) is 22.5 Å². The Morgan fingerprint density at radius 1 is 1.24 bits per heavy atom. The number of benzene rings is 1. The summed E-state index contributed by atoms with van der Waals surface area (Å²) in [5.74, 6) is 2.60. The second kappa shape index (κ2) is 7.05. The van der Waals surface area contributed by atoms with Crippen molar-refractivity contribution < 1.29 is 4.52 Å². The van der Waals surface area contributed by atoms with E-state index in [4.69, 9.17) is 16.1 Å². The van der Waals surface area contributed by atoms with Crippen LogP contribution >= 0.6 is 23.4 Å². The lowest BCUT2D eigenvalue weighted by Gasteiger charge is -2.18. The first kappa shape index (κ1) is 16.4. The molecule has 9 heteroatoms. The van der Waals surface area contributed by atoms with Gasteiger partial charge in [0.2, 0.25) is 11.8 Å². The van der Waals surface area contributed by atoms with Crippen LogP contribution in [0.5, 0.6) is 0 Å². The zero-order valence-electron chi connectivity index (χ0n) is 13.7. The van der Waals surface area contributed by atoms with Crippen molar-refractivity contribution in [3.8, 4) is 5.69 Å². The van der Waals surface area contributed by atoms with E-state index in [1.807, 2.05) is 28.8 Å². The summed E-state index contributed by atoms with van der Waals surface area (Å²) in [4.78, 5) is 6.50. The predicted molar refractivity (Wildman–Crippen MR) is 96.4 cm³/mol. The van der Waals surface area contributed by atoms with Crippen molar-refractivity contribution in [3.05, 3.63) is 41.0 Å². The second-order valence-electron chi connectivity index (χ2n) is 5.82. The number of aryl methyl sites for hydroxylation is 1. The van der Waals surface area contributed by atoms with E-state index >= 15 is 0 Å². The summed E-state index contributed by atoms with van der Waals surface area (Å²) >= 11 is 7.71. The minimum atomic E-state index is 0.541. The first-order valence-corrected chi connectivity index (χ1v) is 9.45. The largest absolute Gasteiger partial charge is 0.341 e. The first-order valence-electron chi connectivity index (χ1n) is 8.09. The van der Waals surface area contributed by atoms with Crippen LogP contribution < -0.4 is 4.90 Å². The molecule has 0 aliphatic carbocycles. The van der Waals surface area contributed by atoms with Crippen molar-refractivity contribution >= 4 is 29.3 Å². The van der Waals surface area contributed by atoms with Crippen LogP contribution in [0.25, 0.3) is 5.69 Å². The number of aromatic nitrogens is 5. The smallest absolute Gasteiger partial charge is 0.237 e. The number of anilines is 1. The molecule has 0 amide bonds. The highest BCUT2D eigenvalue weighted by Gasteiger charge is 2.23. The van der Waals surface area contributed by atoms with Crippen molar-refractivity contribution in [1.82, 2.24) is 24.9 Å². The molecule has 3 aromatic rings. The number of rotatable bonds is 5. The molecule has 0 spiro atoms. The molecule has 1 fully saturated rings. The fourth-order valence-corrected chi connectivity index (χ4v) is 3.81. The van der Waals surface area contributed by atoms with Gasteiger partial charge in [0, 0.05) is 18.1 Å². The summed E-state index contributed by atoms with van der Waals surface area (Å²) in [7, 11) is 0. The number of nitrogens with zero attached hydrogens (tertiary/aromatic N) is 6. The zero-order chi connectivity index (χ0) is 17.2. The Morgan fingerprint density at radius 2 is 2.08 bits per heavy atom. The van der Waals surface area contributed by atoms with E-state index in [9.17, 15) is 0 Å². The van der Waals surface area contributed by atoms with Crippen molar-refractivity contribution in [3.63, 3.8) is 0 Å². The molecule has 130 valence electrons. The van der Waals surface area contributed by atoms with Gasteiger partial charge in [0.1, 0.15) is 0 Å².